The molecule has 0 saturated heterocycles. The second-order valence-corrected chi connectivity index (χ2v) is 7.39. The fourth-order valence-corrected chi connectivity index (χ4v) is 2.21. The maximum atomic E-state index is 13.3. The van der Waals surface area contributed by atoms with E-state index in [4.69, 9.17) is 9.11 Å². The molecule has 11 nitrogen and oxygen atoms in total. The first-order chi connectivity index (χ1) is 9.83. The van der Waals surface area contributed by atoms with E-state index in [0.29, 0.717) is 6.34 Å². The summed E-state index contributed by atoms with van der Waals surface area (Å²) in [6.45, 7) is -0.913. The highest BCUT2D eigenvalue weighted by atomic mass is 32.2. The number of nitrogens with zero attached hydrogens (tertiary/aromatic N) is 1. The molecular formula is C7H15F2N5O6S2. The lowest BCUT2D eigenvalue weighted by atomic mass is 10.4. The Bertz CT molecular complexity index is 583. The number of nitrogens with one attached hydrogen (secondary N) is 4. The molecule has 1 rings (SSSR count). The molecule has 0 radical (unpaired) electrons. The summed E-state index contributed by atoms with van der Waals surface area (Å²) in [5.41, 5.74) is 0. The summed E-state index contributed by atoms with van der Waals surface area (Å²) in [5, 5.41) is 8.59. The average molecular weight is 367 g/mol. The molecule has 0 spiro atoms. The van der Waals surface area contributed by atoms with Crippen LogP contribution in [0.25, 0.3) is 0 Å². The van der Waals surface area contributed by atoms with Crippen molar-refractivity contribution in [2.75, 3.05) is 24.6 Å². The molecule has 0 amide bonds. The largest absolute Gasteiger partial charge is 0.411 e. The third kappa shape index (κ3) is 7.34. The van der Waals surface area contributed by atoms with Crippen molar-refractivity contribution in [3.8, 4) is 0 Å². The zero-order valence-electron chi connectivity index (χ0n) is 11.0. The topological polar surface area (TPSA) is 169 Å². The van der Waals surface area contributed by atoms with Crippen LogP contribution in [0.2, 0.25) is 0 Å². The molecule has 0 aromatic rings. The van der Waals surface area contributed by atoms with Crippen molar-refractivity contribution in [1.82, 2.24) is 21.3 Å². The summed E-state index contributed by atoms with van der Waals surface area (Å²) >= 11 is 0. The van der Waals surface area contributed by atoms with Crippen LogP contribution in [-0.4, -0.2) is 69.0 Å². The number of aliphatic imine (C=N–C) groups is 1. The molecule has 0 saturated carbocycles. The van der Waals surface area contributed by atoms with Gasteiger partial charge in [-0.15, -0.1) is 0 Å². The predicted octanol–water partition coefficient (Wildman–Crippen LogP) is -2.68. The van der Waals surface area contributed by atoms with E-state index in [1.54, 1.807) is 5.32 Å². The highest BCUT2D eigenvalue weighted by Gasteiger charge is 2.43. The molecule has 15 heteroatoms. The third-order valence-electron chi connectivity index (χ3n) is 2.35. The standard InChI is InChI=1S/C7H15F2N5O6S2/c8-6(9)12-5-13-7(14-6,10-1-3-21(15,16)17)11-2-4-22(18,19)20/h5,10-11,14H,1-4H2,(H,12,13)(H,15,16,17)(H,18,19,20). The second kappa shape index (κ2) is 6.65. The van der Waals surface area contributed by atoms with Crippen molar-refractivity contribution in [3.05, 3.63) is 0 Å². The van der Waals surface area contributed by atoms with Gasteiger partial charge in [-0.05, 0) is 0 Å². The van der Waals surface area contributed by atoms with Crippen LogP contribution in [0, 0.1) is 0 Å². The summed E-state index contributed by atoms with van der Waals surface area (Å²) in [7, 11) is -8.65. The summed E-state index contributed by atoms with van der Waals surface area (Å²) in [4.78, 5) is 2.77. The van der Waals surface area contributed by atoms with Gasteiger partial charge in [0.05, 0.1) is 17.8 Å². The molecule has 6 N–H and O–H groups in total. The van der Waals surface area contributed by atoms with Crippen molar-refractivity contribution in [2.24, 2.45) is 4.99 Å². The number of hydrogen-bond acceptors (Lipinski definition) is 9. The molecule has 0 bridgehead atoms. The molecule has 130 valence electrons. The van der Waals surface area contributed by atoms with Crippen molar-refractivity contribution in [2.45, 2.75) is 12.1 Å². The van der Waals surface area contributed by atoms with Gasteiger partial charge in [-0.3, -0.25) is 19.7 Å². The molecule has 0 aromatic carbocycles. The minimum absolute atomic E-state index is 0.457. The van der Waals surface area contributed by atoms with Crippen LogP contribution < -0.4 is 21.3 Å². The molecule has 0 unspecified atom stereocenters. The van der Waals surface area contributed by atoms with Gasteiger partial charge in [-0.2, -0.15) is 35.9 Å². The van der Waals surface area contributed by atoms with Crippen LogP contribution in [0.15, 0.2) is 4.99 Å². The number of halogens is 2. The zero-order valence-corrected chi connectivity index (χ0v) is 12.6. The fraction of sp³-hybridized carbons (Fsp3) is 0.857. The molecule has 0 fully saturated rings. The Balaban J connectivity index is 2.75. The Hall–Kier alpha value is -0.970. The van der Waals surface area contributed by atoms with E-state index in [0.717, 1.165) is 0 Å². The van der Waals surface area contributed by atoms with Crippen LogP contribution in [0.3, 0.4) is 0 Å². The highest BCUT2D eigenvalue weighted by molar-refractivity contribution is 7.86. The van der Waals surface area contributed by atoms with E-state index >= 15 is 0 Å². The zero-order chi connectivity index (χ0) is 17.1. The lowest BCUT2D eigenvalue weighted by Crippen LogP contribution is -2.79. The minimum Gasteiger partial charge on any atom is -0.333 e. The Kier molecular flexibility index (Phi) is 5.77. The van der Waals surface area contributed by atoms with Gasteiger partial charge in [0.2, 0.25) is 5.91 Å². The van der Waals surface area contributed by atoms with Crippen LogP contribution in [-0.2, 0) is 20.2 Å². The summed E-state index contributed by atoms with van der Waals surface area (Å²) in [5.74, 6) is -3.55. The van der Waals surface area contributed by atoms with Crippen LogP contribution in [0.5, 0.6) is 0 Å². The molecule has 0 aromatic heterocycles. The molecule has 1 heterocycles. The molecule has 22 heavy (non-hydrogen) atoms. The predicted molar refractivity (Wildman–Crippen MR) is 71.3 cm³/mol. The van der Waals surface area contributed by atoms with E-state index in [1.807, 2.05) is 0 Å². The summed E-state index contributed by atoms with van der Waals surface area (Å²) in [6.07, 6.45) is -3.10. The van der Waals surface area contributed by atoms with Crippen molar-refractivity contribution < 1.29 is 34.7 Å². The number of hydrogen-bond donors (Lipinski definition) is 6. The average Bonchev–Trinajstić information content (AvgIpc) is 2.23. The van der Waals surface area contributed by atoms with Crippen molar-refractivity contribution in [1.29, 1.82) is 0 Å². The molecule has 0 atom stereocenters. The number of rotatable bonds is 8. The Morgan fingerprint density at radius 2 is 1.50 bits per heavy atom. The summed E-state index contributed by atoms with van der Waals surface area (Å²) in [6, 6.07) is 0. The van der Waals surface area contributed by atoms with Gasteiger partial charge >= 0.3 is 6.17 Å². The van der Waals surface area contributed by atoms with E-state index in [9.17, 15) is 25.6 Å². The van der Waals surface area contributed by atoms with Gasteiger partial charge in [0.1, 0.15) is 0 Å². The molecule has 1 aliphatic rings. The fourth-order valence-electron chi connectivity index (χ4n) is 1.49. The maximum absolute atomic E-state index is 13.3. The van der Waals surface area contributed by atoms with Gasteiger partial charge in [0, 0.05) is 13.1 Å². The van der Waals surface area contributed by atoms with Gasteiger partial charge in [-0.1, -0.05) is 0 Å². The van der Waals surface area contributed by atoms with Crippen molar-refractivity contribution >= 4 is 26.6 Å². The van der Waals surface area contributed by atoms with E-state index in [-0.39, 0.29) is 0 Å². The number of alkyl halides is 2. The van der Waals surface area contributed by atoms with Gasteiger partial charge in [-0.25, -0.2) is 0 Å². The Morgan fingerprint density at radius 1 is 1.05 bits per heavy atom. The SMILES string of the molecule is O=S(=O)(O)CCNC1(NCCS(=O)(=O)O)NC=NC(F)(F)N1. The highest BCUT2D eigenvalue weighted by Crippen LogP contribution is 2.15. The van der Waals surface area contributed by atoms with Crippen LogP contribution in [0.4, 0.5) is 8.78 Å². The normalized spacial score (nSPS) is 20.5. The maximum Gasteiger partial charge on any atom is 0.411 e. The first-order valence-electron chi connectivity index (χ1n) is 5.71. The first kappa shape index (κ1) is 19.1. The molecule has 0 aliphatic carbocycles. The lowest BCUT2D eigenvalue weighted by Gasteiger charge is -2.40. The Labute approximate surface area is 125 Å². The monoisotopic (exact) mass is 367 g/mol. The first-order valence-corrected chi connectivity index (χ1v) is 8.93. The van der Waals surface area contributed by atoms with Gasteiger partial charge < -0.3 is 5.32 Å². The van der Waals surface area contributed by atoms with Crippen LogP contribution >= 0.6 is 0 Å². The van der Waals surface area contributed by atoms with E-state index < -0.39 is 56.9 Å². The second-order valence-electron chi connectivity index (χ2n) is 4.24. The lowest BCUT2D eigenvalue weighted by molar-refractivity contribution is -0.0814. The van der Waals surface area contributed by atoms with Crippen molar-refractivity contribution in [3.63, 3.8) is 0 Å². The third-order valence-corrected chi connectivity index (χ3v) is 3.79. The summed E-state index contributed by atoms with van der Waals surface area (Å²) < 4.78 is 86.2. The van der Waals surface area contributed by atoms with Crippen LogP contribution in [0.1, 0.15) is 0 Å². The van der Waals surface area contributed by atoms with Gasteiger partial charge in [0.25, 0.3) is 20.2 Å². The minimum atomic E-state index is -4.33. The Morgan fingerprint density at radius 3 is 1.86 bits per heavy atom. The smallest absolute Gasteiger partial charge is 0.333 e. The quantitative estimate of drug-likeness (QED) is 0.151. The molecule has 1 aliphatic heterocycles. The molecular weight excluding hydrogens is 352 g/mol. The van der Waals surface area contributed by atoms with E-state index in [1.165, 1.54) is 0 Å². The van der Waals surface area contributed by atoms with E-state index in [2.05, 4.69) is 20.9 Å². The van der Waals surface area contributed by atoms with Gasteiger partial charge in [0.15, 0.2) is 0 Å².